The number of likely N-dealkylation sites (N-methyl/N-ethyl adjacent to an activating group) is 1. The Kier molecular flexibility index (Phi) is 6.48. The second kappa shape index (κ2) is 7.64. The Labute approximate surface area is 105 Å². The van der Waals surface area contributed by atoms with E-state index in [0.717, 1.165) is 26.2 Å². The maximum absolute atomic E-state index is 8.89. The first-order chi connectivity index (χ1) is 8.17. The zero-order chi connectivity index (χ0) is 12.7. The van der Waals surface area contributed by atoms with Crippen molar-refractivity contribution in [3.63, 3.8) is 0 Å². The molecular formula is C14H25NO2. The van der Waals surface area contributed by atoms with Crippen molar-refractivity contribution < 1.29 is 9.84 Å². The van der Waals surface area contributed by atoms with Crippen LogP contribution in [0.1, 0.15) is 20.8 Å². The van der Waals surface area contributed by atoms with E-state index in [4.69, 9.17) is 9.84 Å². The zero-order valence-corrected chi connectivity index (χ0v) is 11.2. The highest BCUT2D eigenvalue weighted by Gasteiger charge is 2.16. The average Bonchev–Trinajstić information content (AvgIpc) is 2.32. The van der Waals surface area contributed by atoms with E-state index in [1.54, 1.807) is 0 Å². The predicted octanol–water partition coefficient (Wildman–Crippen LogP) is 1.84. The van der Waals surface area contributed by atoms with E-state index in [2.05, 4.69) is 43.9 Å². The van der Waals surface area contributed by atoms with Crippen molar-refractivity contribution in [1.82, 2.24) is 4.90 Å². The first-order valence-electron chi connectivity index (χ1n) is 6.48. The summed E-state index contributed by atoms with van der Waals surface area (Å²) in [6.07, 6.45) is 6.74. The predicted molar refractivity (Wildman–Crippen MR) is 71.0 cm³/mol. The topological polar surface area (TPSA) is 32.7 Å². The molecule has 0 aromatic carbocycles. The summed E-state index contributed by atoms with van der Waals surface area (Å²) in [5.74, 6) is 0.451. The van der Waals surface area contributed by atoms with Crippen LogP contribution in [0.4, 0.5) is 0 Å². The summed E-state index contributed by atoms with van der Waals surface area (Å²) >= 11 is 0. The average molecular weight is 239 g/mol. The molecule has 17 heavy (non-hydrogen) atoms. The van der Waals surface area contributed by atoms with Crippen LogP contribution in [0.2, 0.25) is 0 Å². The van der Waals surface area contributed by atoms with Crippen LogP contribution in [-0.2, 0) is 4.74 Å². The molecule has 2 atom stereocenters. The number of rotatable bonds is 7. The number of nitrogens with zero attached hydrogens (tertiary/aromatic N) is 1. The Morgan fingerprint density at radius 1 is 1.41 bits per heavy atom. The van der Waals surface area contributed by atoms with E-state index in [-0.39, 0.29) is 12.7 Å². The number of aliphatic hydroxyl groups excluding tert-OH is 1. The molecule has 0 aromatic heterocycles. The standard InChI is InChI=1S/C14H25NO2/c1-4-15(7-9-16)8-10-17-14-11-12(2)5-6-13(14)3/h5-6,11,13-14,16H,4,7-10H2,1-3H3. The molecule has 0 saturated carbocycles. The molecule has 0 aromatic rings. The van der Waals surface area contributed by atoms with E-state index in [1.165, 1.54) is 5.57 Å². The van der Waals surface area contributed by atoms with Crippen LogP contribution in [0.15, 0.2) is 23.8 Å². The van der Waals surface area contributed by atoms with Gasteiger partial charge < -0.3 is 9.84 Å². The van der Waals surface area contributed by atoms with Gasteiger partial charge >= 0.3 is 0 Å². The highest BCUT2D eigenvalue weighted by molar-refractivity contribution is 5.24. The van der Waals surface area contributed by atoms with Gasteiger partial charge in [-0.1, -0.05) is 37.6 Å². The van der Waals surface area contributed by atoms with Crippen LogP contribution in [0.25, 0.3) is 0 Å². The fraction of sp³-hybridized carbons (Fsp3) is 0.714. The van der Waals surface area contributed by atoms with Crippen molar-refractivity contribution >= 4 is 0 Å². The number of ether oxygens (including phenoxy) is 1. The largest absolute Gasteiger partial charge is 0.395 e. The molecule has 0 heterocycles. The van der Waals surface area contributed by atoms with Gasteiger partial charge in [0.15, 0.2) is 0 Å². The number of allylic oxidation sites excluding steroid dienone is 2. The van der Waals surface area contributed by atoms with Crippen molar-refractivity contribution in [2.45, 2.75) is 26.9 Å². The molecule has 1 aliphatic rings. The molecule has 0 aliphatic heterocycles. The van der Waals surface area contributed by atoms with Gasteiger partial charge in [-0.25, -0.2) is 0 Å². The molecule has 3 nitrogen and oxygen atoms in total. The summed E-state index contributed by atoms with van der Waals surface area (Å²) in [6, 6.07) is 0. The monoisotopic (exact) mass is 239 g/mol. The minimum Gasteiger partial charge on any atom is -0.395 e. The maximum Gasteiger partial charge on any atom is 0.0822 e. The Morgan fingerprint density at radius 2 is 2.18 bits per heavy atom. The van der Waals surface area contributed by atoms with Gasteiger partial charge in [-0.3, -0.25) is 4.90 Å². The van der Waals surface area contributed by atoms with E-state index < -0.39 is 0 Å². The summed E-state index contributed by atoms with van der Waals surface area (Å²) in [6.45, 7) is 9.89. The second-order valence-corrected chi connectivity index (χ2v) is 4.62. The van der Waals surface area contributed by atoms with Gasteiger partial charge in [0, 0.05) is 19.0 Å². The third-order valence-electron chi connectivity index (χ3n) is 3.19. The van der Waals surface area contributed by atoms with E-state index >= 15 is 0 Å². The Morgan fingerprint density at radius 3 is 2.82 bits per heavy atom. The molecule has 0 saturated heterocycles. The van der Waals surface area contributed by atoms with Crippen molar-refractivity contribution in [2.75, 3.05) is 32.8 Å². The van der Waals surface area contributed by atoms with Gasteiger partial charge in [-0.2, -0.15) is 0 Å². The molecule has 0 bridgehead atoms. The summed E-state index contributed by atoms with van der Waals surface area (Å²) in [7, 11) is 0. The highest BCUT2D eigenvalue weighted by Crippen LogP contribution is 2.18. The number of hydrogen-bond acceptors (Lipinski definition) is 3. The van der Waals surface area contributed by atoms with Crippen LogP contribution in [0, 0.1) is 5.92 Å². The number of aliphatic hydroxyl groups is 1. The third kappa shape index (κ3) is 5.02. The molecular weight excluding hydrogens is 214 g/mol. The first-order valence-corrected chi connectivity index (χ1v) is 6.48. The lowest BCUT2D eigenvalue weighted by Gasteiger charge is -2.25. The van der Waals surface area contributed by atoms with Crippen LogP contribution in [0.3, 0.4) is 0 Å². The molecule has 1 N–H and O–H groups in total. The van der Waals surface area contributed by atoms with Gasteiger partial charge in [-0.15, -0.1) is 0 Å². The molecule has 1 rings (SSSR count). The Balaban J connectivity index is 2.28. The van der Waals surface area contributed by atoms with Crippen LogP contribution < -0.4 is 0 Å². The van der Waals surface area contributed by atoms with E-state index in [0.29, 0.717) is 5.92 Å². The van der Waals surface area contributed by atoms with Crippen LogP contribution in [0.5, 0.6) is 0 Å². The van der Waals surface area contributed by atoms with Gasteiger partial charge in [0.2, 0.25) is 0 Å². The Hall–Kier alpha value is -0.640. The molecule has 0 amide bonds. The van der Waals surface area contributed by atoms with Crippen LogP contribution >= 0.6 is 0 Å². The second-order valence-electron chi connectivity index (χ2n) is 4.62. The molecule has 1 aliphatic carbocycles. The summed E-state index contributed by atoms with van der Waals surface area (Å²) in [4.78, 5) is 2.19. The molecule has 0 fully saturated rings. The molecule has 0 radical (unpaired) electrons. The fourth-order valence-electron chi connectivity index (χ4n) is 1.97. The molecule has 2 unspecified atom stereocenters. The van der Waals surface area contributed by atoms with Crippen LogP contribution in [-0.4, -0.2) is 49.0 Å². The number of hydrogen-bond donors (Lipinski definition) is 1. The van der Waals surface area contributed by atoms with Gasteiger partial charge in [0.25, 0.3) is 0 Å². The summed E-state index contributed by atoms with van der Waals surface area (Å²) in [5.41, 5.74) is 1.27. The van der Waals surface area contributed by atoms with Gasteiger partial charge in [0.1, 0.15) is 0 Å². The molecule has 3 heteroatoms. The van der Waals surface area contributed by atoms with Crippen molar-refractivity contribution in [3.8, 4) is 0 Å². The van der Waals surface area contributed by atoms with E-state index in [9.17, 15) is 0 Å². The van der Waals surface area contributed by atoms with Gasteiger partial charge in [-0.05, 0) is 13.5 Å². The van der Waals surface area contributed by atoms with Gasteiger partial charge in [0.05, 0.1) is 19.3 Å². The minimum atomic E-state index is 0.202. The maximum atomic E-state index is 8.89. The molecule has 98 valence electrons. The normalized spacial score (nSPS) is 24.2. The summed E-state index contributed by atoms with van der Waals surface area (Å²) in [5, 5.41) is 8.89. The van der Waals surface area contributed by atoms with E-state index in [1.807, 2.05) is 0 Å². The lowest BCUT2D eigenvalue weighted by Crippen LogP contribution is -2.32. The van der Waals surface area contributed by atoms with Crippen molar-refractivity contribution in [2.24, 2.45) is 5.92 Å². The smallest absolute Gasteiger partial charge is 0.0822 e. The minimum absolute atomic E-state index is 0.202. The lowest BCUT2D eigenvalue weighted by molar-refractivity contribution is 0.0426. The lowest BCUT2D eigenvalue weighted by atomic mass is 9.96. The fourth-order valence-corrected chi connectivity index (χ4v) is 1.97. The quantitative estimate of drug-likeness (QED) is 0.736. The summed E-state index contributed by atoms with van der Waals surface area (Å²) < 4.78 is 5.89. The first kappa shape index (κ1) is 14.4. The Bertz CT molecular complexity index is 273. The van der Waals surface area contributed by atoms with Crippen molar-refractivity contribution in [3.05, 3.63) is 23.8 Å². The third-order valence-corrected chi connectivity index (χ3v) is 3.19. The zero-order valence-electron chi connectivity index (χ0n) is 11.2. The highest BCUT2D eigenvalue weighted by atomic mass is 16.5. The van der Waals surface area contributed by atoms with Crippen molar-refractivity contribution in [1.29, 1.82) is 0 Å². The molecule has 0 spiro atoms. The SMILES string of the molecule is CCN(CCO)CCOC1C=C(C)C=CC1C.